The van der Waals surface area contributed by atoms with E-state index in [2.05, 4.69) is 26.3 Å². The van der Waals surface area contributed by atoms with Crippen molar-refractivity contribution in [3.05, 3.63) is 35.7 Å². The van der Waals surface area contributed by atoms with Crippen molar-refractivity contribution in [3.63, 3.8) is 0 Å². The van der Waals surface area contributed by atoms with Crippen molar-refractivity contribution in [2.24, 2.45) is 0 Å². The molecule has 1 atom stereocenters. The molecule has 106 valence electrons. The number of anilines is 1. The van der Waals surface area contributed by atoms with Crippen molar-refractivity contribution in [3.8, 4) is 17.6 Å². The minimum Gasteiger partial charge on any atom is -0.382 e. The van der Waals surface area contributed by atoms with Gasteiger partial charge in [0.1, 0.15) is 23.1 Å². The lowest BCUT2D eigenvalue weighted by molar-refractivity contribution is 0.454. The average Bonchev–Trinajstić information content (AvgIpc) is 2.55. The zero-order valence-corrected chi connectivity index (χ0v) is 11.6. The Labute approximate surface area is 123 Å². The second kappa shape index (κ2) is 5.85. The second-order valence-electron chi connectivity index (χ2n) is 5.06. The van der Waals surface area contributed by atoms with Crippen molar-refractivity contribution in [1.29, 1.82) is 5.26 Å². The molecule has 2 aromatic heterocycles. The standard InChI is InChI=1S/C15H16N6/c16-8-11-13(10-4-3-6-18-9-10)20-15(21-14(11)17)12-5-1-2-7-19-12/h1-2,5,7,10,18H,3-4,6,9H2,(H2,17,20,21). The van der Waals surface area contributed by atoms with Crippen molar-refractivity contribution < 1.29 is 0 Å². The van der Waals surface area contributed by atoms with Crippen LogP contribution >= 0.6 is 0 Å². The maximum absolute atomic E-state index is 9.35. The maximum atomic E-state index is 9.35. The van der Waals surface area contributed by atoms with E-state index in [1.165, 1.54) is 0 Å². The van der Waals surface area contributed by atoms with Crippen molar-refractivity contribution >= 4 is 5.82 Å². The monoisotopic (exact) mass is 280 g/mol. The number of nitrogens with two attached hydrogens (primary N) is 1. The lowest BCUT2D eigenvalue weighted by Gasteiger charge is -2.23. The van der Waals surface area contributed by atoms with Gasteiger partial charge in [0.15, 0.2) is 5.82 Å². The molecule has 0 aliphatic carbocycles. The molecule has 21 heavy (non-hydrogen) atoms. The summed E-state index contributed by atoms with van der Waals surface area (Å²) in [4.78, 5) is 13.1. The van der Waals surface area contributed by atoms with E-state index >= 15 is 0 Å². The largest absolute Gasteiger partial charge is 0.382 e. The van der Waals surface area contributed by atoms with Gasteiger partial charge in [0.2, 0.25) is 0 Å². The van der Waals surface area contributed by atoms with E-state index in [9.17, 15) is 5.26 Å². The van der Waals surface area contributed by atoms with Gasteiger partial charge < -0.3 is 11.1 Å². The molecule has 0 radical (unpaired) electrons. The second-order valence-corrected chi connectivity index (χ2v) is 5.06. The molecule has 1 fully saturated rings. The lowest BCUT2D eigenvalue weighted by atomic mass is 9.93. The number of aromatic nitrogens is 3. The molecule has 3 heterocycles. The Bertz CT molecular complexity index is 671. The van der Waals surface area contributed by atoms with E-state index in [-0.39, 0.29) is 11.7 Å². The fourth-order valence-electron chi connectivity index (χ4n) is 2.60. The van der Waals surface area contributed by atoms with E-state index in [0.29, 0.717) is 17.1 Å². The van der Waals surface area contributed by atoms with Crippen LogP contribution in [0.5, 0.6) is 0 Å². The van der Waals surface area contributed by atoms with Crippen LogP contribution in [0.2, 0.25) is 0 Å². The molecule has 1 aliphatic rings. The van der Waals surface area contributed by atoms with E-state index < -0.39 is 0 Å². The van der Waals surface area contributed by atoms with Gasteiger partial charge in [-0.15, -0.1) is 0 Å². The molecule has 0 amide bonds. The van der Waals surface area contributed by atoms with Gasteiger partial charge in [0, 0.05) is 18.7 Å². The highest BCUT2D eigenvalue weighted by Crippen LogP contribution is 2.28. The number of hydrogen-bond donors (Lipinski definition) is 2. The fourth-order valence-corrected chi connectivity index (χ4v) is 2.60. The quantitative estimate of drug-likeness (QED) is 0.863. The minimum atomic E-state index is 0.196. The Morgan fingerprint density at radius 3 is 2.90 bits per heavy atom. The van der Waals surface area contributed by atoms with Crippen molar-refractivity contribution in [1.82, 2.24) is 20.3 Å². The third-order valence-corrected chi connectivity index (χ3v) is 3.65. The topological polar surface area (TPSA) is 101 Å². The van der Waals surface area contributed by atoms with Crippen LogP contribution in [-0.2, 0) is 0 Å². The van der Waals surface area contributed by atoms with Crippen LogP contribution in [0, 0.1) is 11.3 Å². The summed E-state index contributed by atoms with van der Waals surface area (Å²) in [5, 5.41) is 12.7. The summed E-state index contributed by atoms with van der Waals surface area (Å²) >= 11 is 0. The van der Waals surface area contributed by atoms with Crippen LogP contribution in [-0.4, -0.2) is 28.0 Å². The molecule has 0 aromatic carbocycles. The number of pyridine rings is 1. The minimum absolute atomic E-state index is 0.196. The summed E-state index contributed by atoms with van der Waals surface area (Å²) in [5.74, 6) is 0.905. The number of nitrogens with one attached hydrogen (secondary N) is 1. The van der Waals surface area contributed by atoms with Crippen molar-refractivity contribution in [2.75, 3.05) is 18.8 Å². The van der Waals surface area contributed by atoms with E-state index in [1.54, 1.807) is 6.20 Å². The van der Waals surface area contributed by atoms with Gasteiger partial charge in [0.05, 0.1) is 5.69 Å². The van der Waals surface area contributed by atoms with Crippen LogP contribution in [0.25, 0.3) is 11.5 Å². The maximum Gasteiger partial charge on any atom is 0.180 e. The first-order chi connectivity index (χ1) is 10.3. The molecule has 3 N–H and O–H groups in total. The van der Waals surface area contributed by atoms with Gasteiger partial charge in [-0.1, -0.05) is 6.07 Å². The van der Waals surface area contributed by atoms with Gasteiger partial charge in [-0.25, -0.2) is 9.97 Å². The number of piperidine rings is 1. The van der Waals surface area contributed by atoms with Crippen LogP contribution in [0.4, 0.5) is 5.82 Å². The summed E-state index contributed by atoms with van der Waals surface area (Å²) in [7, 11) is 0. The smallest absolute Gasteiger partial charge is 0.180 e. The third kappa shape index (κ3) is 2.69. The third-order valence-electron chi connectivity index (χ3n) is 3.65. The van der Waals surface area contributed by atoms with Gasteiger partial charge in [-0.2, -0.15) is 5.26 Å². The normalized spacial score (nSPS) is 18.1. The predicted molar refractivity (Wildman–Crippen MR) is 79.2 cm³/mol. The predicted octanol–water partition coefficient (Wildman–Crippen LogP) is 1.46. The average molecular weight is 280 g/mol. The van der Waals surface area contributed by atoms with E-state index in [0.717, 1.165) is 31.6 Å². The van der Waals surface area contributed by atoms with Crippen molar-refractivity contribution in [2.45, 2.75) is 18.8 Å². The molecule has 2 aromatic rings. The molecule has 3 rings (SSSR count). The molecule has 6 nitrogen and oxygen atoms in total. The highest BCUT2D eigenvalue weighted by atomic mass is 15.0. The molecular formula is C15H16N6. The number of hydrogen-bond acceptors (Lipinski definition) is 6. The Kier molecular flexibility index (Phi) is 3.75. The van der Waals surface area contributed by atoms with E-state index in [1.807, 2.05) is 18.2 Å². The van der Waals surface area contributed by atoms with E-state index in [4.69, 9.17) is 5.73 Å². The molecule has 1 unspecified atom stereocenters. The molecule has 0 bridgehead atoms. The molecule has 1 saturated heterocycles. The summed E-state index contributed by atoms with van der Waals surface area (Å²) < 4.78 is 0. The molecule has 0 spiro atoms. The SMILES string of the molecule is N#Cc1c(N)nc(-c2ccccn2)nc1C1CCCNC1. The van der Waals surface area contributed by atoms with Crippen LogP contribution in [0.3, 0.4) is 0 Å². The van der Waals surface area contributed by atoms with Gasteiger partial charge in [0.25, 0.3) is 0 Å². The Hall–Kier alpha value is -2.52. The van der Waals surface area contributed by atoms with Crippen LogP contribution in [0.1, 0.15) is 30.0 Å². The lowest BCUT2D eigenvalue weighted by Crippen LogP contribution is -2.29. The number of nitrogen functional groups attached to an aromatic ring is 1. The fraction of sp³-hybridized carbons (Fsp3) is 0.333. The first-order valence-corrected chi connectivity index (χ1v) is 6.99. The first kappa shape index (κ1) is 13.5. The molecule has 6 heteroatoms. The number of nitrogens with zero attached hydrogens (tertiary/aromatic N) is 4. The zero-order chi connectivity index (χ0) is 14.7. The highest BCUT2D eigenvalue weighted by Gasteiger charge is 2.23. The number of rotatable bonds is 2. The van der Waals surface area contributed by atoms with Gasteiger partial charge in [-0.3, -0.25) is 4.98 Å². The Morgan fingerprint density at radius 1 is 1.33 bits per heavy atom. The summed E-state index contributed by atoms with van der Waals surface area (Å²) in [6.45, 7) is 1.82. The molecule has 0 saturated carbocycles. The summed E-state index contributed by atoms with van der Waals surface area (Å²) in [6, 6.07) is 7.69. The Balaban J connectivity index is 2.09. The molecular weight excluding hydrogens is 264 g/mol. The molecule has 1 aliphatic heterocycles. The van der Waals surface area contributed by atoms with Gasteiger partial charge >= 0.3 is 0 Å². The Morgan fingerprint density at radius 2 is 2.24 bits per heavy atom. The van der Waals surface area contributed by atoms with Crippen LogP contribution in [0.15, 0.2) is 24.4 Å². The first-order valence-electron chi connectivity index (χ1n) is 6.99. The summed E-state index contributed by atoms with van der Waals surface area (Å²) in [6.07, 6.45) is 3.76. The zero-order valence-electron chi connectivity index (χ0n) is 11.6. The number of nitriles is 1. The van der Waals surface area contributed by atoms with Gasteiger partial charge in [-0.05, 0) is 31.5 Å². The highest BCUT2D eigenvalue weighted by molar-refractivity contribution is 5.59. The van der Waals surface area contributed by atoms with Crippen LogP contribution < -0.4 is 11.1 Å². The summed E-state index contributed by atoms with van der Waals surface area (Å²) in [5.41, 5.74) is 7.75.